The Labute approximate surface area is 136 Å². The number of fused-ring (bicyclic) bond motifs is 1. The standard InChI is InChI=1S/C13H8Cl2N2O2S2/c14-11-5-8(6-12(15)16-11)7-20-13-9-3-1-2-4-10(9)21(18,19)17-13/h1-6H,7H2. The molecule has 0 amide bonds. The molecule has 21 heavy (non-hydrogen) atoms. The summed E-state index contributed by atoms with van der Waals surface area (Å²) in [7, 11) is -3.57. The molecule has 1 aliphatic rings. The molecule has 0 saturated carbocycles. The normalized spacial score (nSPS) is 15.6. The molecule has 108 valence electrons. The third kappa shape index (κ3) is 3.08. The maximum absolute atomic E-state index is 11.9. The molecular weight excluding hydrogens is 351 g/mol. The summed E-state index contributed by atoms with van der Waals surface area (Å²) < 4.78 is 27.7. The fourth-order valence-corrected chi connectivity index (χ4v) is 4.92. The fraction of sp³-hybridized carbons (Fsp3) is 0.0769. The molecule has 0 spiro atoms. The Morgan fingerprint density at radius 1 is 1.10 bits per heavy atom. The predicted octanol–water partition coefficient (Wildman–Crippen LogP) is 3.77. The van der Waals surface area contributed by atoms with Crippen molar-refractivity contribution in [3.8, 4) is 0 Å². The van der Waals surface area contributed by atoms with Crippen molar-refractivity contribution in [1.29, 1.82) is 0 Å². The predicted molar refractivity (Wildman–Crippen MR) is 85.7 cm³/mol. The van der Waals surface area contributed by atoms with Gasteiger partial charge in [0.25, 0.3) is 10.0 Å². The Morgan fingerprint density at radius 2 is 1.76 bits per heavy atom. The number of hydrogen-bond donors (Lipinski definition) is 0. The zero-order chi connectivity index (χ0) is 15.0. The van der Waals surface area contributed by atoms with Crippen LogP contribution in [0.25, 0.3) is 0 Å². The lowest BCUT2D eigenvalue weighted by atomic mass is 10.2. The molecule has 0 radical (unpaired) electrons. The summed E-state index contributed by atoms with van der Waals surface area (Å²) in [5.41, 5.74) is 1.49. The van der Waals surface area contributed by atoms with Crippen LogP contribution in [0.5, 0.6) is 0 Å². The number of rotatable bonds is 2. The summed E-state index contributed by atoms with van der Waals surface area (Å²) in [6.07, 6.45) is 0. The van der Waals surface area contributed by atoms with Gasteiger partial charge in [0.05, 0.1) is 4.90 Å². The number of hydrogen-bond acceptors (Lipinski definition) is 4. The molecule has 0 unspecified atom stereocenters. The number of halogens is 2. The highest BCUT2D eigenvalue weighted by molar-refractivity contribution is 8.14. The first-order valence-electron chi connectivity index (χ1n) is 5.85. The molecule has 2 aromatic rings. The minimum absolute atomic E-state index is 0.248. The lowest BCUT2D eigenvalue weighted by Gasteiger charge is -2.03. The van der Waals surface area contributed by atoms with Crippen molar-refractivity contribution >= 4 is 50.0 Å². The van der Waals surface area contributed by atoms with Gasteiger partial charge in [-0.15, -0.1) is 11.8 Å². The van der Waals surface area contributed by atoms with E-state index in [2.05, 4.69) is 9.38 Å². The average Bonchev–Trinajstić information content (AvgIpc) is 2.68. The number of nitrogens with zero attached hydrogens (tertiary/aromatic N) is 2. The van der Waals surface area contributed by atoms with Gasteiger partial charge in [0.15, 0.2) is 0 Å². The number of thioether (sulfide) groups is 1. The van der Waals surface area contributed by atoms with Crippen LogP contribution in [0.15, 0.2) is 45.7 Å². The zero-order valence-corrected chi connectivity index (χ0v) is 13.6. The third-order valence-electron chi connectivity index (χ3n) is 2.80. The van der Waals surface area contributed by atoms with E-state index in [0.717, 1.165) is 5.56 Å². The van der Waals surface area contributed by atoms with E-state index < -0.39 is 10.0 Å². The van der Waals surface area contributed by atoms with Gasteiger partial charge >= 0.3 is 0 Å². The Morgan fingerprint density at radius 3 is 2.48 bits per heavy atom. The molecule has 1 aliphatic heterocycles. The summed E-state index contributed by atoms with van der Waals surface area (Å²) >= 11 is 13.0. The molecule has 0 atom stereocenters. The van der Waals surface area contributed by atoms with Crippen molar-refractivity contribution in [3.63, 3.8) is 0 Å². The molecule has 4 nitrogen and oxygen atoms in total. The van der Waals surface area contributed by atoms with Crippen LogP contribution in [0, 0.1) is 0 Å². The minimum atomic E-state index is -3.57. The van der Waals surface area contributed by atoms with E-state index >= 15 is 0 Å². The van der Waals surface area contributed by atoms with E-state index in [1.807, 2.05) is 0 Å². The number of pyridine rings is 1. The second kappa shape index (κ2) is 5.61. The van der Waals surface area contributed by atoms with Gasteiger partial charge in [0.1, 0.15) is 15.3 Å². The van der Waals surface area contributed by atoms with Gasteiger partial charge in [-0.1, -0.05) is 41.4 Å². The van der Waals surface area contributed by atoms with Crippen molar-refractivity contribution in [3.05, 3.63) is 57.8 Å². The molecule has 1 aromatic carbocycles. The van der Waals surface area contributed by atoms with E-state index in [-0.39, 0.29) is 4.90 Å². The number of aromatic nitrogens is 1. The van der Waals surface area contributed by atoms with Gasteiger partial charge in [-0.25, -0.2) is 4.98 Å². The Balaban J connectivity index is 1.87. The Hall–Kier alpha value is -1.08. The highest BCUT2D eigenvalue weighted by Gasteiger charge is 2.28. The smallest absolute Gasteiger partial charge is 0.224 e. The largest absolute Gasteiger partial charge is 0.284 e. The third-order valence-corrected chi connectivity index (χ3v) is 5.70. The van der Waals surface area contributed by atoms with Gasteiger partial charge in [-0.3, -0.25) is 0 Å². The van der Waals surface area contributed by atoms with E-state index in [1.165, 1.54) is 11.8 Å². The molecule has 8 heteroatoms. The van der Waals surface area contributed by atoms with Gasteiger partial charge < -0.3 is 0 Å². The first kappa shape index (κ1) is 14.8. The Kier molecular flexibility index (Phi) is 3.96. The van der Waals surface area contributed by atoms with Gasteiger partial charge in [0, 0.05) is 11.3 Å². The highest BCUT2D eigenvalue weighted by atomic mass is 35.5. The van der Waals surface area contributed by atoms with E-state index in [1.54, 1.807) is 36.4 Å². The minimum Gasteiger partial charge on any atom is -0.224 e. The van der Waals surface area contributed by atoms with Crippen molar-refractivity contribution in [2.75, 3.05) is 0 Å². The summed E-state index contributed by atoms with van der Waals surface area (Å²) in [5.74, 6) is 0.505. The monoisotopic (exact) mass is 358 g/mol. The van der Waals surface area contributed by atoms with Crippen molar-refractivity contribution < 1.29 is 8.42 Å². The van der Waals surface area contributed by atoms with Crippen molar-refractivity contribution in [1.82, 2.24) is 4.98 Å². The first-order valence-corrected chi connectivity index (χ1v) is 9.03. The molecular formula is C13H8Cl2N2O2S2. The molecule has 0 bridgehead atoms. The van der Waals surface area contributed by atoms with Crippen LogP contribution in [0.2, 0.25) is 10.3 Å². The molecule has 0 N–H and O–H groups in total. The summed E-state index contributed by atoms with van der Waals surface area (Å²) in [4.78, 5) is 4.12. The lowest BCUT2D eigenvalue weighted by molar-refractivity contribution is 0.599. The van der Waals surface area contributed by atoms with Crippen LogP contribution >= 0.6 is 35.0 Å². The van der Waals surface area contributed by atoms with Crippen LogP contribution in [0.1, 0.15) is 11.1 Å². The van der Waals surface area contributed by atoms with Crippen LogP contribution < -0.4 is 0 Å². The van der Waals surface area contributed by atoms with Gasteiger partial charge in [-0.05, 0) is 23.8 Å². The van der Waals surface area contributed by atoms with Gasteiger partial charge in [-0.2, -0.15) is 12.8 Å². The number of sulfonamides is 1. The molecule has 2 heterocycles. The second-order valence-electron chi connectivity index (χ2n) is 4.28. The van der Waals surface area contributed by atoms with E-state index in [0.29, 0.717) is 26.7 Å². The molecule has 0 aliphatic carbocycles. The molecule has 0 saturated heterocycles. The Bertz CT molecular complexity index is 831. The fourth-order valence-electron chi connectivity index (χ4n) is 1.93. The lowest BCUT2D eigenvalue weighted by Crippen LogP contribution is -1.94. The topological polar surface area (TPSA) is 59.4 Å². The van der Waals surface area contributed by atoms with Crippen LogP contribution in [-0.2, 0) is 15.8 Å². The van der Waals surface area contributed by atoms with E-state index in [4.69, 9.17) is 23.2 Å². The highest BCUT2D eigenvalue weighted by Crippen LogP contribution is 2.32. The second-order valence-corrected chi connectivity index (χ2v) is 7.59. The molecule has 1 aromatic heterocycles. The maximum atomic E-state index is 11.9. The van der Waals surface area contributed by atoms with Crippen LogP contribution in [0.4, 0.5) is 0 Å². The average molecular weight is 359 g/mol. The maximum Gasteiger partial charge on any atom is 0.284 e. The van der Waals surface area contributed by atoms with Crippen LogP contribution in [0.3, 0.4) is 0 Å². The first-order chi connectivity index (χ1) is 9.95. The van der Waals surface area contributed by atoms with Crippen molar-refractivity contribution in [2.45, 2.75) is 10.6 Å². The quantitative estimate of drug-likeness (QED) is 0.766. The van der Waals surface area contributed by atoms with Crippen LogP contribution in [-0.4, -0.2) is 18.4 Å². The summed E-state index contributed by atoms with van der Waals surface area (Å²) in [5, 5.41) is 1.09. The zero-order valence-electron chi connectivity index (χ0n) is 10.5. The van der Waals surface area contributed by atoms with Crippen molar-refractivity contribution in [2.24, 2.45) is 4.40 Å². The van der Waals surface area contributed by atoms with Gasteiger partial charge in [0.2, 0.25) is 0 Å². The number of benzene rings is 1. The SMILES string of the molecule is O=S1(=O)N=C(SCc2cc(Cl)nc(Cl)c2)c2ccccc21. The summed E-state index contributed by atoms with van der Waals surface area (Å²) in [6.45, 7) is 0. The summed E-state index contributed by atoms with van der Waals surface area (Å²) in [6, 6.07) is 10.2. The molecule has 3 rings (SSSR count). The molecule has 0 fully saturated rings. The van der Waals surface area contributed by atoms with E-state index in [9.17, 15) is 8.42 Å².